The Hall–Kier alpha value is -8.99. The first-order chi connectivity index (χ1) is 32.5. The summed E-state index contributed by atoms with van der Waals surface area (Å²) < 4.78 is 35.7. The standard InChI is InChI=1S/C59H35F2N5/c60-45-29-44(30-46(61)35-45)59-57(65-53-17-9-7-15-47(53)49-21-19-40(33-55(49)65)42-23-25-63-51(31-42)38-11-3-1-4-12-38)27-37(36-62)28-58(59)66-54-18-10-8-16-48(54)50-22-20-41(34-56(50)66)43-24-26-64-52(32-43)39-13-5-2-6-14-39/h1-35H. The van der Waals surface area contributed by atoms with E-state index in [2.05, 4.69) is 98.0 Å². The molecule has 0 aliphatic heterocycles. The summed E-state index contributed by atoms with van der Waals surface area (Å²) in [5.41, 5.74) is 13.5. The largest absolute Gasteiger partial charge is 0.308 e. The van der Waals surface area contributed by atoms with Crippen molar-refractivity contribution in [3.63, 3.8) is 0 Å². The second-order valence-corrected chi connectivity index (χ2v) is 16.4. The van der Waals surface area contributed by atoms with Gasteiger partial charge in [-0.3, -0.25) is 9.97 Å². The predicted molar refractivity (Wildman–Crippen MR) is 263 cm³/mol. The summed E-state index contributed by atoms with van der Waals surface area (Å²) in [5, 5.41) is 14.9. The first kappa shape index (κ1) is 38.7. The highest BCUT2D eigenvalue weighted by Gasteiger charge is 2.25. The van der Waals surface area contributed by atoms with Crippen LogP contribution in [-0.4, -0.2) is 19.1 Å². The van der Waals surface area contributed by atoms with Crippen LogP contribution in [0.15, 0.2) is 213 Å². The Kier molecular flexibility index (Phi) is 9.18. The highest BCUT2D eigenvalue weighted by Crippen LogP contribution is 2.44. The molecule has 0 radical (unpaired) electrons. The Morgan fingerprint density at radius 1 is 0.364 bits per heavy atom. The quantitative estimate of drug-likeness (QED) is 0.160. The van der Waals surface area contributed by atoms with Crippen LogP contribution < -0.4 is 0 Å². The molecule has 66 heavy (non-hydrogen) atoms. The van der Waals surface area contributed by atoms with Crippen LogP contribution in [0, 0.1) is 23.0 Å². The number of rotatable bonds is 7. The molecule has 12 aromatic rings. The fourth-order valence-electron chi connectivity index (χ4n) is 9.60. The van der Waals surface area contributed by atoms with E-state index >= 15 is 8.78 Å². The minimum Gasteiger partial charge on any atom is -0.308 e. The third-order valence-electron chi connectivity index (χ3n) is 12.5. The van der Waals surface area contributed by atoms with E-state index in [1.165, 1.54) is 12.1 Å². The van der Waals surface area contributed by atoms with Crippen molar-refractivity contribution >= 4 is 43.6 Å². The van der Waals surface area contributed by atoms with Crippen LogP contribution in [0.25, 0.3) is 111 Å². The van der Waals surface area contributed by atoms with Crippen LogP contribution >= 0.6 is 0 Å². The molecule has 0 unspecified atom stereocenters. The summed E-state index contributed by atoms with van der Waals surface area (Å²) >= 11 is 0. The molecule has 0 saturated carbocycles. The number of aromatic nitrogens is 4. The Morgan fingerprint density at radius 2 is 0.788 bits per heavy atom. The van der Waals surface area contributed by atoms with Gasteiger partial charge >= 0.3 is 0 Å². The lowest BCUT2D eigenvalue weighted by molar-refractivity contribution is 0.584. The van der Waals surface area contributed by atoms with Crippen molar-refractivity contribution in [2.24, 2.45) is 0 Å². The monoisotopic (exact) mass is 851 g/mol. The van der Waals surface area contributed by atoms with Crippen molar-refractivity contribution in [3.05, 3.63) is 230 Å². The van der Waals surface area contributed by atoms with Crippen LogP contribution in [-0.2, 0) is 0 Å². The molecule has 0 amide bonds. The number of nitrogens with zero attached hydrogens (tertiary/aromatic N) is 5. The number of nitriles is 1. The van der Waals surface area contributed by atoms with Crippen molar-refractivity contribution < 1.29 is 8.78 Å². The van der Waals surface area contributed by atoms with E-state index in [-0.39, 0.29) is 0 Å². The zero-order chi connectivity index (χ0) is 44.3. The summed E-state index contributed by atoms with van der Waals surface area (Å²) in [6.07, 6.45) is 3.65. The summed E-state index contributed by atoms with van der Waals surface area (Å²) in [5.74, 6) is -1.42. The summed E-state index contributed by atoms with van der Waals surface area (Å²) in [6.45, 7) is 0. The van der Waals surface area contributed by atoms with Gasteiger partial charge in [0.15, 0.2) is 0 Å². The second kappa shape index (κ2) is 15.7. The van der Waals surface area contributed by atoms with Gasteiger partial charge < -0.3 is 9.13 Å². The average Bonchev–Trinajstić information content (AvgIpc) is 3.88. The molecule has 7 heteroatoms. The molecule has 4 aromatic heterocycles. The third kappa shape index (κ3) is 6.51. The van der Waals surface area contributed by atoms with E-state index in [0.29, 0.717) is 28.1 Å². The topological polar surface area (TPSA) is 59.4 Å². The van der Waals surface area contributed by atoms with Gasteiger partial charge in [-0.2, -0.15) is 5.26 Å². The smallest absolute Gasteiger partial charge is 0.126 e. The normalized spacial score (nSPS) is 11.5. The van der Waals surface area contributed by atoms with Crippen molar-refractivity contribution in [2.75, 3.05) is 0 Å². The average molecular weight is 852 g/mol. The van der Waals surface area contributed by atoms with Gasteiger partial charge in [-0.1, -0.05) is 121 Å². The first-order valence-electron chi connectivity index (χ1n) is 21.6. The van der Waals surface area contributed by atoms with E-state index in [1.54, 1.807) is 0 Å². The lowest BCUT2D eigenvalue weighted by atomic mass is 9.97. The van der Waals surface area contributed by atoms with E-state index in [9.17, 15) is 5.26 Å². The molecule has 0 atom stereocenters. The Bertz CT molecular complexity index is 3680. The molecule has 0 spiro atoms. The highest BCUT2D eigenvalue weighted by molar-refractivity contribution is 6.13. The number of hydrogen-bond donors (Lipinski definition) is 0. The minimum atomic E-state index is -0.709. The van der Waals surface area contributed by atoms with Gasteiger partial charge in [-0.15, -0.1) is 0 Å². The maximum atomic E-state index is 15.7. The molecule has 0 aliphatic carbocycles. The number of para-hydroxylation sites is 2. The zero-order valence-electron chi connectivity index (χ0n) is 35.2. The lowest BCUT2D eigenvalue weighted by Crippen LogP contribution is -2.05. The third-order valence-corrected chi connectivity index (χ3v) is 12.5. The van der Waals surface area contributed by atoms with Crippen LogP contribution in [0.3, 0.4) is 0 Å². The number of pyridine rings is 2. The fraction of sp³-hybridized carbons (Fsp3) is 0. The Labute approximate surface area is 378 Å². The molecule has 4 heterocycles. The van der Waals surface area contributed by atoms with Gasteiger partial charge in [0.25, 0.3) is 0 Å². The van der Waals surface area contributed by atoms with Crippen LogP contribution in [0.5, 0.6) is 0 Å². The van der Waals surface area contributed by atoms with Crippen LogP contribution in [0.1, 0.15) is 5.56 Å². The maximum absolute atomic E-state index is 15.7. The van der Waals surface area contributed by atoms with E-state index in [1.807, 2.05) is 122 Å². The molecule has 0 fully saturated rings. The van der Waals surface area contributed by atoms with E-state index in [0.717, 1.165) is 94.4 Å². The molecule has 5 nitrogen and oxygen atoms in total. The number of hydrogen-bond acceptors (Lipinski definition) is 3. The molecular weight excluding hydrogens is 817 g/mol. The molecule has 0 N–H and O–H groups in total. The van der Waals surface area contributed by atoms with Crippen molar-refractivity contribution in [3.8, 4) is 73.3 Å². The number of fused-ring (bicyclic) bond motifs is 6. The predicted octanol–water partition coefficient (Wildman–Crippen LogP) is 15.2. The van der Waals surface area contributed by atoms with Crippen molar-refractivity contribution in [1.82, 2.24) is 19.1 Å². The van der Waals surface area contributed by atoms with Gasteiger partial charge in [0.05, 0.1) is 56.5 Å². The molecule has 310 valence electrons. The second-order valence-electron chi connectivity index (χ2n) is 16.4. The van der Waals surface area contributed by atoms with E-state index in [4.69, 9.17) is 0 Å². The Balaban J connectivity index is 1.16. The number of benzene rings is 8. The van der Waals surface area contributed by atoms with Gasteiger partial charge in [0, 0.05) is 56.7 Å². The number of halogens is 2. The van der Waals surface area contributed by atoms with Gasteiger partial charge in [0.2, 0.25) is 0 Å². The molecule has 0 aliphatic rings. The maximum Gasteiger partial charge on any atom is 0.126 e. The van der Waals surface area contributed by atoms with Crippen molar-refractivity contribution in [1.29, 1.82) is 5.26 Å². The first-order valence-corrected chi connectivity index (χ1v) is 21.6. The minimum absolute atomic E-state index is 0.328. The summed E-state index contributed by atoms with van der Waals surface area (Å²) in [4.78, 5) is 9.38. The molecule has 0 bridgehead atoms. The SMILES string of the molecule is N#Cc1cc(-n2c3ccccc3c3ccc(-c4ccnc(-c5ccccc5)c4)cc32)c(-c2cc(F)cc(F)c2)c(-n2c3ccccc3c3ccc(-c4ccnc(-c5ccccc5)c4)cc32)c1. The molecule has 8 aromatic carbocycles. The highest BCUT2D eigenvalue weighted by atomic mass is 19.1. The molecular formula is C59H35F2N5. The van der Waals surface area contributed by atoms with Crippen LogP contribution in [0.2, 0.25) is 0 Å². The summed E-state index contributed by atoms with van der Waals surface area (Å²) in [6, 6.07) is 67.1. The van der Waals surface area contributed by atoms with Crippen LogP contribution in [0.4, 0.5) is 8.78 Å². The zero-order valence-corrected chi connectivity index (χ0v) is 35.2. The van der Waals surface area contributed by atoms with E-state index < -0.39 is 11.6 Å². The van der Waals surface area contributed by atoms with Gasteiger partial charge in [-0.25, -0.2) is 8.78 Å². The molecule has 12 rings (SSSR count). The molecule has 0 saturated heterocycles. The summed E-state index contributed by atoms with van der Waals surface area (Å²) in [7, 11) is 0. The van der Waals surface area contributed by atoms with Crippen molar-refractivity contribution in [2.45, 2.75) is 0 Å². The Morgan fingerprint density at radius 3 is 1.26 bits per heavy atom. The lowest BCUT2D eigenvalue weighted by Gasteiger charge is -2.21. The van der Waals surface area contributed by atoms with Gasteiger partial charge in [0.1, 0.15) is 11.6 Å². The fourth-order valence-corrected chi connectivity index (χ4v) is 9.60. The van der Waals surface area contributed by atoms with Gasteiger partial charge in [-0.05, 0) is 101 Å².